The highest BCUT2D eigenvalue weighted by Crippen LogP contribution is 2.39. The third-order valence-corrected chi connectivity index (χ3v) is 5.50. The number of nitrogens with zero attached hydrogens (tertiary/aromatic N) is 4. The van der Waals surface area contributed by atoms with E-state index in [1.165, 1.54) is 0 Å². The van der Waals surface area contributed by atoms with Gasteiger partial charge in [-0.25, -0.2) is 4.98 Å². The average Bonchev–Trinajstić information content (AvgIpc) is 2.71. The first-order valence-corrected chi connectivity index (χ1v) is 9.65. The quantitative estimate of drug-likeness (QED) is 0.655. The van der Waals surface area contributed by atoms with Crippen molar-refractivity contribution >= 4 is 23.5 Å². The number of nitrogens with two attached hydrogens (primary N) is 2. The summed E-state index contributed by atoms with van der Waals surface area (Å²) in [5.41, 5.74) is 13.3. The van der Waals surface area contributed by atoms with Gasteiger partial charge in [-0.15, -0.1) is 0 Å². The number of likely N-dealkylation sites (N-methyl/N-ethyl adjacent to an activating group) is 1. The Kier molecular flexibility index (Phi) is 7.39. The molecule has 28 heavy (non-hydrogen) atoms. The zero-order chi connectivity index (χ0) is 20.7. The third-order valence-electron chi connectivity index (χ3n) is 4.24. The summed E-state index contributed by atoms with van der Waals surface area (Å²) in [7, 11) is 1.79. The minimum absolute atomic E-state index is 0.302. The van der Waals surface area contributed by atoms with Crippen LogP contribution in [0.1, 0.15) is 34.4 Å². The number of rotatable bonds is 8. The van der Waals surface area contributed by atoms with Gasteiger partial charge in [0.2, 0.25) is 5.91 Å². The first-order chi connectivity index (χ1) is 13.5. The molecule has 0 saturated heterocycles. The van der Waals surface area contributed by atoms with E-state index in [0.29, 0.717) is 47.0 Å². The first kappa shape index (κ1) is 21.2. The van der Waals surface area contributed by atoms with Gasteiger partial charge in [0.05, 0.1) is 11.1 Å². The van der Waals surface area contributed by atoms with E-state index in [4.69, 9.17) is 11.5 Å². The molecule has 1 aromatic heterocycles. The molecule has 7 nitrogen and oxygen atoms in total. The molecule has 0 spiro atoms. The predicted octanol–water partition coefficient (Wildman–Crippen LogP) is 2.10. The van der Waals surface area contributed by atoms with E-state index >= 15 is 0 Å². The lowest BCUT2D eigenvalue weighted by Crippen LogP contribution is -2.27. The van der Waals surface area contributed by atoms with Crippen LogP contribution in [0.4, 0.5) is 5.82 Å². The van der Waals surface area contributed by atoms with Crippen LogP contribution in [0.15, 0.2) is 35.4 Å². The lowest BCUT2D eigenvalue weighted by molar-refractivity contribution is -0.117. The summed E-state index contributed by atoms with van der Waals surface area (Å²) in [4.78, 5) is 18.5. The summed E-state index contributed by atoms with van der Waals surface area (Å²) in [6.07, 6.45) is 0.484. The van der Waals surface area contributed by atoms with Gasteiger partial charge in [0, 0.05) is 20.1 Å². The maximum Gasteiger partial charge on any atom is 0.235 e. The number of carbonyl (C=O) groups excluding carboxylic acids is 1. The number of aromatic nitrogens is 1. The third kappa shape index (κ3) is 4.42. The van der Waals surface area contributed by atoms with Crippen molar-refractivity contribution in [2.24, 2.45) is 11.5 Å². The van der Waals surface area contributed by atoms with Crippen molar-refractivity contribution < 1.29 is 4.79 Å². The number of anilines is 1. The summed E-state index contributed by atoms with van der Waals surface area (Å²) in [5, 5.41) is 19.1. The van der Waals surface area contributed by atoms with Crippen molar-refractivity contribution in [3.63, 3.8) is 0 Å². The Hall–Kier alpha value is -3.07. The second-order valence-electron chi connectivity index (χ2n) is 6.07. The number of pyridine rings is 1. The molecule has 1 aromatic carbocycles. The minimum atomic E-state index is -0.703. The fraction of sp³-hybridized carbons (Fsp3) is 0.300. The highest BCUT2D eigenvalue weighted by atomic mass is 32.2. The Balaban J connectivity index is 2.65. The van der Waals surface area contributed by atoms with Crippen molar-refractivity contribution in [1.82, 2.24) is 4.98 Å². The summed E-state index contributed by atoms with van der Waals surface area (Å²) in [6.45, 7) is 2.76. The monoisotopic (exact) mass is 394 g/mol. The molecule has 4 N–H and O–H groups in total. The van der Waals surface area contributed by atoms with Gasteiger partial charge in [0.15, 0.2) is 0 Å². The number of carbonyl (C=O) groups is 1. The van der Waals surface area contributed by atoms with Crippen molar-refractivity contribution in [2.45, 2.75) is 23.6 Å². The molecule has 0 aliphatic heterocycles. The smallest absolute Gasteiger partial charge is 0.235 e. The molecule has 0 fully saturated rings. The van der Waals surface area contributed by atoms with E-state index < -0.39 is 11.2 Å². The van der Waals surface area contributed by atoms with Gasteiger partial charge >= 0.3 is 0 Å². The zero-order valence-corrected chi connectivity index (χ0v) is 16.7. The molecule has 1 unspecified atom stereocenters. The Morgan fingerprint density at radius 3 is 2.39 bits per heavy atom. The highest BCUT2D eigenvalue weighted by molar-refractivity contribution is 8.00. The number of hydrogen-bond donors (Lipinski definition) is 2. The van der Waals surface area contributed by atoms with E-state index in [1.807, 2.05) is 25.1 Å². The van der Waals surface area contributed by atoms with Crippen LogP contribution in [-0.4, -0.2) is 31.0 Å². The van der Waals surface area contributed by atoms with Crippen molar-refractivity contribution in [3.8, 4) is 12.1 Å². The van der Waals surface area contributed by atoms with Gasteiger partial charge in [0.1, 0.15) is 28.2 Å². The molecule has 1 amide bonds. The Labute approximate surface area is 169 Å². The lowest BCUT2D eigenvalue weighted by atomic mass is 10.0. The van der Waals surface area contributed by atoms with Crippen LogP contribution in [0.25, 0.3) is 0 Å². The van der Waals surface area contributed by atoms with Crippen LogP contribution in [-0.2, 0) is 11.2 Å². The number of benzene rings is 1. The van der Waals surface area contributed by atoms with Crippen LogP contribution >= 0.6 is 11.8 Å². The summed E-state index contributed by atoms with van der Waals surface area (Å²) in [5.74, 6) is -0.0799. The first-order valence-electron chi connectivity index (χ1n) is 8.77. The topological polar surface area (TPSA) is 133 Å². The zero-order valence-electron chi connectivity index (χ0n) is 15.8. The summed E-state index contributed by atoms with van der Waals surface area (Å²) >= 11 is 1.12. The second-order valence-corrected chi connectivity index (χ2v) is 7.16. The molecule has 2 rings (SSSR count). The molecule has 1 atom stereocenters. The maximum atomic E-state index is 12.1. The van der Waals surface area contributed by atoms with Gasteiger partial charge in [-0.3, -0.25) is 4.79 Å². The minimum Gasteiger partial charge on any atom is -0.368 e. The fourth-order valence-electron chi connectivity index (χ4n) is 2.87. The number of nitriles is 2. The number of amides is 1. The molecule has 0 saturated carbocycles. The molecule has 1 heterocycles. The molecule has 8 heteroatoms. The molecule has 0 aliphatic rings. The van der Waals surface area contributed by atoms with Crippen molar-refractivity contribution in [1.29, 1.82) is 10.5 Å². The van der Waals surface area contributed by atoms with Crippen LogP contribution in [0.2, 0.25) is 0 Å². The second kappa shape index (κ2) is 9.75. The van der Waals surface area contributed by atoms with Crippen LogP contribution in [0, 0.1) is 22.7 Å². The molecule has 0 radical (unpaired) electrons. The van der Waals surface area contributed by atoms with E-state index in [2.05, 4.69) is 17.1 Å². The lowest BCUT2D eigenvalue weighted by Gasteiger charge is -2.23. The van der Waals surface area contributed by atoms with Crippen LogP contribution < -0.4 is 16.4 Å². The maximum absolute atomic E-state index is 12.1. The Bertz CT molecular complexity index is 932. The predicted molar refractivity (Wildman–Crippen MR) is 110 cm³/mol. The van der Waals surface area contributed by atoms with Crippen LogP contribution in [0.5, 0.6) is 0 Å². The summed E-state index contributed by atoms with van der Waals surface area (Å²) in [6, 6.07) is 13.4. The van der Waals surface area contributed by atoms with Gasteiger partial charge in [-0.2, -0.15) is 10.5 Å². The average molecular weight is 395 g/mol. The number of thioether (sulfide) groups is 1. The summed E-state index contributed by atoms with van der Waals surface area (Å²) < 4.78 is 0. The Morgan fingerprint density at radius 2 is 1.89 bits per heavy atom. The number of hydrogen-bond acceptors (Lipinski definition) is 7. The van der Waals surface area contributed by atoms with Gasteiger partial charge < -0.3 is 16.4 Å². The van der Waals surface area contributed by atoms with Gasteiger partial charge in [0.25, 0.3) is 0 Å². The van der Waals surface area contributed by atoms with Crippen molar-refractivity contribution in [2.75, 3.05) is 25.0 Å². The van der Waals surface area contributed by atoms with Crippen molar-refractivity contribution in [3.05, 3.63) is 52.6 Å². The van der Waals surface area contributed by atoms with Gasteiger partial charge in [-0.05, 0) is 17.5 Å². The molecule has 144 valence electrons. The van der Waals surface area contributed by atoms with Crippen LogP contribution in [0.3, 0.4) is 0 Å². The van der Waals surface area contributed by atoms with E-state index in [9.17, 15) is 15.3 Å². The Morgan fingerprint density at radius 1 is 1.25 bits per heavy atom. The molecular weight excluding hydrogens is 372 g/mol. The standard InChI is InChI=1S/C20H22N6OS/c1-3-14-15(11-22)19(26(2)10-9-21)25-20(16(14)12-23)28-17(18(24)27)13-7-5-4-6-8-13/h4-8,17H,3,9-10,21H2,1-2H3,(H2,24,27). The SMILES string of the molecule is CCc1c(C#N)c(SC(C(N)=O)c2ccccc2)nc(N(C)CCN)c1C#N. The highest BCUT2D eigenvalue weighted by Gasteiger charge is 2.26. The fourth-order valence-corrected chi connectivity index (χ4v) is 3.93. The largest absolute Gasteiger partial charge is 0.368 e. The molecule has 0 aliphatic carbocycles. The molecule has 0 bridgehead atoms. The van der Waals surface area contributed by atoms with Gasteiger partial charge in [-0.1, -0.05) is 49.0 Å². The van der Waals surface area contributed by atoms with E-state index in [1.54, 1.807) is 24.1 Å². The molecule has 2 aromatic rings. The number of primary amides is 1. The normalized spacial score (nSPS) is 11.3. The van der Waals surface area contributed by atoms with E-state index in [-0.39, 0.29) is 0 Å². The van der Waals surface area contributed by atoms with E-state index in [0.717, 1.165) is 17.3 Å². The molecular formula is C20H22N6OS.